The van der Waals surface area contributed by atoms with Gasteiger partial charge in [-0.15, -0.1) is 0 Å². The van der Waals surface area contributed by atoms with Crippen LogP contribution in [0.5, 0.6) is 0 Å². The Kier molecular flexibility index (Phi) is 1.63. The minimum Gasteiger partial charge on any atom is -0.352 e. The zero-order chi connectivity index (χ0) is 6.85. The first-order chi connectivity index (χ1) is 4.22. The summed E-state index contributed by atoms with van der Waals surface area (Å²) in [5.41, 5.74) is 1.98. The lowest BCUT2D eigenvalue weighted by molar-refractivity contribution is 1.40. The van der Waals surface area contributed by atoms with Crippen LogP contribution in [0, 0.1) is 0 Å². The number of halogens is 1. The maximum Gasteiger partial charge on any atom is 0.113 e. The summed E-state index contributed by atoms with van der Waals surface area (Å²) in [6.07, 6.45) is 1.80. The minimum absolute atomic E-state index is 0.669. The molecule has 0 spiro atoms. The third kappa shape index (κ3) is 1.16. The van der Waals surface area contributed by atoms with Crippen molar-refractivity contribution in [3.05, 3.63) is 29.6 Å². The van der Waals surface area contributed by atoms with Gasteiger partial charge in [0.1, 0.15) is 5.15 Å². The Balaban J connectivity index is 3.08. The fraction of sp³-hybridized carbons (Fsp3) is 0.143. The van der Waals surface area contributed by atoms with E-state index < -0.39 is 0 Å². The third-order valence-electron chi connectivity index (χ3n) is 1.16. The molecule has 2 heteroatoms. The van der Waals surface area contributed by atoms with Gasteiger partial charge in [0, 0.05) is 11.8 Å². The summed E-state index contributed by atoms with van der Waals surface area (Å²) >= 11 is 5.72. The molecule has 0 atom stereocenters. The van der Waals surface area contributed by atoms with Crippen LogP contribution >= 0.6 is 11.6 Å². The Morgan fingerprint density at radius 2 is 2.44 bits per heavy atom. The summed E-state index contributed by atoms with van der Waals surface area (Å²) in [6.45, 7) is 5.68. The SMILES string of the molecule is C=C(C)c1cc[nH]c1Cl. The lowest BCUT2D eigenvalue weighted by Gasteiger charge is -1.91. The van der Waals surface area contributed by atoms with Crippen molar-refractivity contribution >= 4 is 17.2 Å². The molecular weight excluding hydrogens is 134 g/mol. The van der Waals surface area contributed by atoms with Gasteiger partial charge in [-0.05, 0) is 18.6 Å². The van der Waals surface area contributed by atoms with Gasteiger partial charge in [0.15, 0.2) is 0 Å². The van der Waals surface area contributed by atoms with Crippen LogP contribution in [0.2, 0.25) is 5.15 Å². The number of hydrogen-bond acceptors (Lipinski definition) is 0. The van der Waals surface area contributed by atoms with Crippen LogP contribution in [0.15, 0.2) is 18.8 Å². The number of aromatic amines is 1. The highest BCUT2D eigenvalue weighted by Gasteiger charge is 1.98. The average Bonchev–Trinajstić information content (AvgIpc) is 2.13. The van der Waals surface area contributed by atoms with Crippen LogP contribution < -0.4 is 0 Å². The van der Waals surface area contributed by atoms with Crippen LogP contribution in [-0.4, -0.2) is 4.98 Å². The molecule has 1 nitrogen and oxygen atoms in total. The van der Waals surface area contributed by atoms with Gasteiger partial charge in [-0.3, -0.25) is 0 Å². The van der Waals surface area contributed by atoms with Gasteiger partial charge >= 0.3 is 0 Å². The number of rotatable bonds is 1. The second-order valence-corrected chi connectivity index (χ2v) is 2.36. The lowest BCUT2D eigenvalue weighted by atomic mass is 10.2. The molecule has 9 heavy (non-hydrogen) atoms. The van der Waals surface area contributed by atoms with E-state index in [2.05, 4.69) is 11.6 Å². The van der Waals surface area contributed by atoms with Crippen LogP contribution in [-0.2, 0) is 0 Å². The standard InChI is InChI=1S/C7H8ClN/c1-5(2)6-3-4-9-7(6)8/h3-4,9H,1H2,2H3. The van der Waals surface area contributed by atoms with Crippen molar-refractivity contribution in [2.24, 2.45) is 0 Å². The predicted octanol–water partition coefficient (Wildman–Crippen LogP) is 2.70. The van der Waals surface area contributed by atoms with Crippen LogP contribution in [0.25, 0.3) is 5.57 Å². The van der Waals surface area contributed by atoms with E-state index in [4.69, 9.17) is 11.6 Å². The van der Waals surface area contributed by atoms with Gasteiger partial charge in [0.05, 0.1) is 0 Å². The van der Waals surface area contributed by atoms with Gasteiger partial charge in [-0.25, -0.2) is 0 Å². The highest BCUT2D eigenvalue weighted by Crippen LogP contribution is 2.19. The molecule has 1 aromatic rings. The second-order valence-electron chi connectivity index (χ2n) is 1.99. The molecule has 0 radical (unpaired) electrons. The van der Waals surface area contributed by atoms with E-state index in [1.165, 1.54) is 0 Å². The Bertz CT molecular complexity index is 225. The normalized spacial score (nSPS) is 9.56. The molecule has 0 aromatic carbocycles. The number of allylic oxidation sites excluding steroid dienone is 1. The van der Waals surface area contributed by atoms with E-state index in [0.29, 0.717) is 5.15 Å². The van der Waals surface area contributed by atoms with Crippen LogP contribution in [0.3, 0.4) is 0 Å². The summed E-state index contributed by atoms with van der Waals surface area (Å²) in [4.78, 5) is 2.85. The average molecular weight is 142 g/mol. The van der Waals surface area contributed by atoms with Gasteiger partial charge in [-0.2, -0.15) is 0 Å². The molecule has 1 rings (SSSR count). The summed E-state index contributed by atoms with van der Waals surface area (Å²) in [5, 5.41) is 0.669. The molecule has 0 fully saturated rings. The fourth-order valence-corrected chi connectivity index (χ4v) is 0.966. The maximum atomic E-state index is 5.72. The first kappa shape index (κ1) is 6.43. The summed E-state index contributed by atoms with van der Waals surface area (Å²) < 4.78 is 0. The monoisotopic (exact) mass is 141 g/mol. The van der Waals surface area contributed by atoms with Crippen LogP contribution in [0.4, 0.5) is 0 Å². The largest absolute Gasteiger partial charge is 0.352 e. The molecule has 1 aromatic heterocycles. The zero-order valence-corrected chi connectivity index (χ0v) is 6.00. The number of H-pyrrole nitrogens is 1. The van der Waals surface area contributed by atoms with E-state index in [1.807, 2.05) is 13.0 Å². The van der Waals surface area contributed by atoms with E-state index in [0.717, 1.165) is 11.1 Å². The second kappa shape index (κ2) is 2.28. The topological polar surface area (TPSA) is 15.8 Å². The van der Waals surface area contributed by atoms with Crippen molar-refractivity contribution < 1.29 is 0 Å². The lowest BCUT2D eigenvalue weighted by Crippen LogP contribution is -1.71. The summed E-state index contributed by atoms with van der Waals surface area (Å²) in [5.74, 6) is 0. The van der Waals surface area contributed by atoms with Gasteiger partial charge in [0.2, 0.25) is 0 Å². The van der Waals surface area contributed by atoms with E-state index in [1.54, 1.807) is 6.20 Å². The molecule has 0 amide bonds. The zero-order valence-electron chi connectivity index (χ0n) is 5.24. The first-order valence-corrected chi connectivity index (χ1v) is 3.08. The highest BCUT2D eigenvalue weighted by molar-refractivity contribution is 6.31. The molecule has 1 N–H and O–H groups in total. The minimum atomic E-state index is 0.669. The highest BCUT2D eigenvalue weighted by atomic mass is 35.5. The fourth-order valence-electron chi connectivity index (χ4n) is 0.679. The number of aromatic nitrogens is 1. The third-order valence-corrected chi connectivity index (χ3v) is 1.47. The van der Waals surface area contributed by atoms with Crippen LogP contribution in [0.1, 0.15) is 12.5 Å². The summed E-state index contributed by atoms with van der Waals surface area (Å²) in [7, 11) is 0. The molecule has 0 aliphatic heterocycles. The molecule has 48 valence electrons. The quantitative estimate of drug-likeness (QED) is 0.619. The van der Waals surface area contributed by atoms with E-state index in [9.17, 15) is 0 Å². The number of nitrogens with one attached hydrogen (secondary N) is 1. The van der Waals surface area contributed by atoms with Crippen molar-refractivity contribution in [3.8, 4) is 0 Å². The van der Waals surface area contributed by atoms with Crippen molar-refractivity contribution in [1.82, 2.24) is 4.98 Å². The number of hydrogen-bond donors (Lipinski definition) is 1. The van der Waals surface area contributed by atoms with Gasteiger partial charge < -0.3 is 4.98 Å². The maximum absolute atomic E-state index is 5.72. The smallest absolute Gasteiger partial charge is 0.113 e. The Morgan fingerprint density at radius 3 is 2.67 bits per heavy atom. The molecular formula is C7H8ClN. The van der Waals surface area contributed by atoms with Gasteiger partial charge in [0.25, 0.3) is 0 Å². The van der Waals surface area contributed by atoms with Crippen molar-refractivity contribution in [2.45, 2.75) is 6.92 Å². The Labute approximate surface area is 59.3 Å². The molecule has 1 heterocycles. The van der Waals surface area contributed by atoms with E-state index in [-0.39, 0.29) is 0 Å². The molecule has 0 saturated heterocycles. The van der Waals surface area contributed by atoms with Gasteiger partial charge in [-0.1, -0.05) is 18.2 Å². The van der Waals surface area contributed by atoms with Crippen molar-refractivity contribution in [3.63, 3.8) is 0 Å². The van der Waals surface area contributed by atoms with Crippen molar-refractivity contribution in [1.29, 1.82) is 0 Å². The van der Waals surface area contributed by atoms with E-state index >= 15 is 0 Å². The predicted molar refractivity (Wildman–Crippen MR) is 40.5 cm³/mol. The molecule has 0 bridgehead atoms. The molecule has 0 aliphatic rings. The molecule has 0 unspecified atom stereocenters. The van der Waals surface area contributed by atoms with Crippen molar-refractivity contribution in [2.75, 3.05) is 0 Å². The molecule has 0 aliphatic carbocycles. The molecule has 0 saturated carbocycles. The Morgan fingerprint density at radius 1 is 1.78 bits per heavy atom. The Hall–Kier alpha value is -0.690. The first-order valence-electron chi connectivity index (χ1n) is 2.70. The summed E-state index contributed by atoms with van der Waals surface area (Å²) in [6, 6.07) is 1.91.